The van der Waals surface area contributed by atoms with E-state index < -0.39 is 9.84 Å². The lowest BCUT2D eigenvalue weighted by Gasteiger charge is -2.29. The number of carbonyl (C=O) groups excluding carboxylic acids is 1. The van der Waals surface area contributed by atoms with Crippen LogP contribution in [0.25, 0.3) is 10.2 Å². The number of rotatable bonds is 5. The first-order valence-electron chi connectivity index (χ1n) is 7.77. The Balaban J connectivity index is 1.75. The number of hydrogen-bond donors (Lipinski definition) is 0. The molecule has 0 aromatic carbocycles. The van der Waals surface area contributed by atoms with Gasteiger partial charge in [-0.25, -0.2) is 18.4 Å². The summed E-state index contributed by atoms with van der Waals surface area (Å²) in [6, 6.07) is 1.75. The summed E-state index contributed by atoms with van der Waals surface area (Å²) in [6.45, 7) is 4.25. The zero-order chi connectivity index (χ0) is 17.3. The van der Waals surface area contributed by atoms with Crippen molar-refractivity contribution in [3.05, 3.63) is 17.8 Å². The molecule has 6 nitrogen and oxygen atoms in total. The molecule has 0 unspecified atom stereocenters. The highest BCUT2D eigenvalue weighted by molar-refractivity contribution is 8.00. The minimum atomic E-state index is -3.01. The third kappa shape index (κ3) is 3.57. The van der Waals surface area contributed by atoms with Gasteiger partial charge in [0.1, 0.15) is 16.2 Å². The van der Waals surface area contributed by atoms with E-state index in [-0.39, 0.29) is 28.7 Å². The first-order chi connectivity index (χ1) is 11.4. The summed E-state index contributed by atoms with van der Waals surface area (Å²) in [4.78, 5) is 23.9. The molecule has 2 aromatic heterocycles. The van der Waals surface area contributed by atoms with Crippen molar-refractivity contribution in [3.8, 4) is 0 Å². The van der Waals surface area contributed by atoms with Gasteiger partial charge in [0.25, 0.3) is 0 Å². The number of nitrogens with zero attached hydrogens (tertiary/aromatic N) is 3. The Kier molecular flexibility index (Phi) is 5.12. The van der Waals surface area contributed by atoms with Crippen LogP contribution in [0, 0.1) is 0 Å². The Morgan fingerprint density at radius 1 is 1.50 bits per heavy atom. The van der Waals surface area contributed by atoms with Crippen LogP contribution in [0.5, 0.6) is 0 Å². The fourth-order valence-corrected chi connectivity index (χ4v) is 6.43. The van der Waals surface area contributed by atoms with Crippen molar-refractivity contribution in [2.24, 2.45) is 0 Å². The van der Waals surface area contributed by atoms with E-state index in [9.17, 15) is 13.2 Å². The molecule has 0 saturated carbocycles. The number of sulfone groups is 1. The van der Waals surface area contributed by atoms with Gasteiger partial charge in [-0.2, -0.15) is 0 Å². The molecular weight excluding hydrogens is 366 g/mol. The molecule has 1 amide bonds. The SMILES string of the molecule is CCN(C(=O)[C@H](C)Sc1ncnc2sccc12)[C@@H]1CCS(=O)(=O)C1. The lowest BCUT2D eigenvalue weighted by atomic mass is 10.2. The lowest BCUT2D eigenvalue weighted by molar-refractivity contribution is -0.131. The molecule has 2 atom stereocenters. The van der Waals surface area contributed by atoms with Crippen LogP contribution >= 0.6 is 23.1 Å². The van der Waals surface area contributed by atoms with Gasteiger partial charge >= 0.3 is 0 Å². The number of thioether (sulfide) groups is 1. The first kappa shape index (κ1) is 17.6. The van der Waals surface area contributed by atoms with Gasteiger partial charge in [-0.3, -0.25) is 4.79 Å². The molecule has 0 radical (unpaired) electrons. The summed E-state index contributed by atoms with van der Waals surface area (Å²) in [5.41, 5.74) is 0. The molecule has 9 heteroatoms. The van der Waals surface area contributed by atoms with Crippen LogP contribution in [0.2, 0.25) is 0 Å². The summed E-state index contributed by atoms with van der Waals surface area (Å²) in [5.74, 6) is 0.211. The Morgan fingerprint density at radius 3 is 2.96 bits per heavy atom. The largest absolute Gasteiger partial charge is 0.338 e. The summed E-state index contributed by atoms with van der Waals surface area (Å²) >= 11 is 2.94. The molecular formula is C15H19N3O3S3. The zero-order valence-corrected chi connectivity index (χ0v) is 16.0. The van der Waals surface area contributed by atoms with Crippen molar-refractivity contribution in [1.29, 1.82) is 0 Å². The molecule has 3 rings (SSSR count). The van der Waals surface area contributed by atoms with E-state index in [0.717, 1.165) is 15.2 Å². The van der Waals surface area contributed by atoms with E-state index in [0.29, 0.717) is 13.0 Å². The van der Waals surface area contributed by atoms with Gasteiger partial charge in [0.2, 0.25) is 5.91 Å². The number of carbonyl (C=O) groups is 1. The van der Waals surface area contributed by atoms with Gasteiger partial charge in [-0.1, -0.05) is 11.8 Å². The predicted molar refractivity (Wildman–Crippen MR) is 97.2 cm³/mol. The highest BCUT2D eigenvalue weighted by Gasteiger charge is 2.35. The predicted octanol–water partition coefficient (Wildman–Crippen LogP) is 2.21. The molecule has 1 aliphatic rings. The van der Waals surface area contributed by atoms with Crippen molar-refractivity contribution in [3.63, 3.8) is 0 Å². The van der Waals surface area contributed by atoms with Crippen molar-refractivity contribution in [2.45, 2.75) is 36.6 Å². The molecule has 130 valence electrons. The van der Waals surface area contributed by atoms with Crippen molar-refractivity contribution in [1.82, 2.24) is 14.9 Å². The van der Waals surface area contributed by atoms with Gasteiger partial charge in [-0.15, -0.1) is 11.3 Å². The van der Waals surface area contributed by atoms with Crippen molar-refractivity contribution >= 4 is 49.1 Å². The van der Waals surface area contributed by atoms with Crippen LogP contribution in [-0.4, -0.2) is 58.5 Å². The maximum atomic E-state index is 12.8. The molecule has 0 aliphatic carbocycles. The van der Waals surface area contributed by atoms with Crippen LogP contribution in [-0.2, 0) is 14.6 Å². The quantitative estimate of drug-likeness (QED) is 0.580. The summed E-state index contributed by atoms with van der Waals surface area (Å²) in [5, 5.41) is 3.37. The van der Waals surface area contributed by atoms with Gasteiger partial charge < -0.3 is 4.90 Å². The second kappa shape index (κ2) is 6.97. The van der Waals surface area contributed by atoms with Gasteiger partial charge in [0.15, 0.2) is 9.84 Å². The topological polar surface area (TPSA) is 80.2 Å². The Bertz CT molecular complexity index is 850. The van der Waals surface area contributed by atoms with Gasteiger partial charge in [0.05, 0.1) is 16.8 Å². The fraction of sp³-hybridized carbons (Fsp3) is 0.533. The van der Waals surface area contributed by atoms with Crippen LogP contribution in [0.3, 0.4) is 0 Å². The van der Waals surface area contributed by atoms with Gasteiger partial charge in [-0.05, 0) is 31.7 Å². The molecule has 0 N–H and O–H groups in total. The minimum absolute atomic E-state index is 0.0356. The van der Waals surface area contributed by atoms with Crippen molar-refractivity contribution < 1.29 is 13.2 Å². The number of amides is 1. The monoisotopic (exact) mass is 385 g/mol. The third-order valence-corrected chi connectivity index (χ3v) is 7.81. The summed E-state index contributed by atoms with van der Waals surface area (Å²) in [7, 11) is -3.01. The Labute approximate surface area is 149 Å². The average Bonchev–Trinajstić information content (AvgIpc) is 3.15. The highest BCUT2D eigenvalue weighted by Crippen LogP contribution is 2.31. The Hall–Kier alpha value is -1.19. The van der Waals surface area contributed by atoms with Crippen molar-refractivity contribution in [2.75, 3.05) is 18.1 Å². The van der Waals surface area contributed by atoms with E-state index >= 15 is 0 Å². The number of fused-ring (bicyclic) bond motifs is 1. The fourth-order valence-electron chi connectivity index (χ4n) is 2.93. The highest BCUT2D eigenvalue weighted by atomic mass is 32.2. The summed E-state index contributed by atoms with van der Waals surface area (Å²) in [6.07, 6.45) is 2.04. The smallest absolute Gasteiger partial charge is 0.236 e. The molecule has 1 saturated heterocycles. The molecule has 0 spiro atoms. The van der Waals surface area contributed by atoms with E-state index in [1.165, 1.54) is 18.1 Å². The standard InChI is InChI=1S/C15H19N3O3S3/c1-3-18(11-5-7-24(20,21)8-11)15(19)10(2)23-14-12-4-6-22-13(12)16-9-17-14/h4,6,9-11H,3,5,7-8H2,1-2H3/t10-,11+/m0/s1. The maximum absolute atomic E-state index is 12.8. The number of aromatic nitrogens is 2. The van der Waals surface area contributed by atoms with Gasteiger partial charge in [0, 0.05) is 18.0 Å². The maximum Gasteiger partial charge on any atom is 0.236 e. The number of hydrogen-bond acceptors (Lipinski definition) is 7. The molecule has 0 bridgehead atoms. The summed E-state index contributed by atoms with van der Waals surface area (Å²) < 4.78 is 23.4. The lowest BCUT2D eigenvalue weighted by Crippen LogP contribution is -2.44. The zero-order valence-electron chi connectivity index (χ0n) is 13.5. The van der Waals surface area contributed by atoms with Crippen LogP contribution in [0.4, 0.5) is 0 Å². The average molecular weight is 386 g/mol. The van der Waals surface area contributed by atoms with Crippen LogP contribution in [0.1, 0.15) is 20.3 Å². The Morgan fingerprint density at radius 2 is 2.29 bits per heavy atom. The molecule has 24 heavy (non-hydrogen) atoms. The second-order valence-corrected chi connectivity index (χ2v) is 10.2. The minimum Gasteiger partial charge on any atom is -0.338 e. The molecule has 1 fully saturated rings. The van der Waals surface area contributed by atoms with E-state index in [2.05, 4.69) is 9.97 Å². The third-order valence-electron chi connectivity index (χ3n) is 4.13. The van der Waals surface area contributed by atoms with E-state index in [4.69, 9.17) is 0 Å². The number of thiophene rings is 1. The normalized spacial score (nSPS) is 21.0. The van der Waals surface area contributed by atoms with E-state index in [1.54, 1.807) is 16.2 Å². The van der Waals surface area contributed by atoms with E-state index in [1.807, 2.05) is 25.3 Å². The first-order valence-corrected chi connectivity index (χ1v) is 11.3. The molecule has 1 aliphatic heterocycles. The molecule has 2 aromatic rings. The molecule has 3 heterocycles. The second-order valence-electron chi connectivity index (χ2n) is 5.76. The van der Waals surface area contributed by atoms with Crippen LogP contribution < -0.4 is 0 Å². The van der Waals surface area contributed by atoms with Crippen LogP contribution in [0.15, 0.2) is 22.8 Å².